The molecule has 0 unspecified atom stereocenters. The number of carboxylic acid groups (broad SMARTS) is 1. The Morgan fingerprint density at radius 2 is 0.926 bits per heavy atom. The number of nitrogen functional groups attached to an aromatic ring is 1. The summed E-state index contributed by atoms with van der Waals surface area (Å²) in [6, 6.07) is 63.4. The van der Waals surface area contributed by atoms with Gasteiger partial charge in [0.1, 0.15) is 35.2 Å². The molecule has 1 aliphatic rings. The first-order valence-electron chi connectivity index (χ1n) is 40.3. The number of aryl methyl sites for hydroxylation is 1. The minimum absolute atomic E-state index is 0. The van der Waals surface area contributed by atoms with E-state index in [0.29, 0.717) is 45.2 Å². The van der Waals surface area contributed by atoms with Gasteiger partial charge in [-0.1, -0.05) is 37.3 Å². The number of carbonyl (C=O) groups excluding carboxylic acids is 5. The van der Waals surface area contributed by atoms with Crippen LogP contribution in [0, 0.1) is 26.0 Å². The summed E-state index contributed by atoms with van der Waals surface area (Å²) in [6.07, 6.45) is 14.3. The third-order valence-electron chi connectivity index (χ3n) is 19.7. The monoisotopic (exact) mass is 1960 g/mol. The van der Waals surface area contributed by atoms with Crippen molar-refractivity contribution in [1.29, 1.82) is 0 Å². The number of nitrogens with zero attached hydrogens (tertiary/aromatic N) is 7. The van der Waals surface area contributed by atoms with Crippen LogP contribution >= 0.6 is 0 Å². The first-order chi connectivity index (χ1) is 63.0. The molecular formula is C98H103BrF2MgN15NaO17S. The van der Waals surface area contributed by atoms with Crippen molar-refractivity contribution in [3.63, 3.8) is 0 Å². The van der Waals surface area contributed by atoms with E-state index in [1.54, 1.807) is 92.5 Å². The Kier molecular flexibility index (Phi) is 45.7. The number of piperazine rings is 1. The molecule has 0 bridgehead atoms. The first-order valence-corrected chi connectivity index (χ1v) is 41.7. The number of aromatic nitrogens is 11. The number of hydrogen-bond donors (Lipinski definition) is 10. The fourth-order valence-corrected chi connectivity index (χ4v) is 13.1. The quantitative estimate of drug-likeness (QED) is 0.0103. The number of Topliss-reactive ketones (excluding diaryl/α,β-unsaturated/α-hetero) is 2. The van der Waals surface area contributed by atoms with E-state index in [-0.39, 0.29) is 132 Å². The number of halogens is 3. The second-order valence-corrected chi connectivity index (χ2v) is 29.9. The van der Waals surface area contributed by atoms with Crippen molar-refractivity contribution in [2.24, 2.45) is 0 Å². The van der Waals surface area contributed by atoms with Crippen molar-refractivity contribution in [2.45, 2.75) is 39.5 Å². The average Bonchev–Trinajstić information content (AvgIpc) is 1.24. The molecule has 0 radical (unpaired) electrons. The topological polar surface area (TPSA) is 444 Å². The average molecular weight is 1960 g/mol. The SMILES string of the molecule is C.CC(=O)c1ccc2[nH]ccc2c1.CCOC.COC(=O)CC(=O)c1ccc2[nH]ccc2c1.COC(=O)OC.CON(C)C(=O)c1ccc2[nH]ccc2c1.Cc1ccc(S(=O)(=O)O)cc1.Nc1ccc(F)cn1.O=C(O)c1ccc2[nH]ccc2c1.O=c1cc(-c2ccc3[nH]ccc3c2)nc2ccc(F)cn12.O=c1cc(-c2ccc3[nH]ccc3c2)nc2ccc(N3CCNCC3)cn12.[Br-].[CH3-].[H-].[Mg+2].[Na+]. The molecule has 11 N–H and O–H groups in total. The van der Waals surface area contributed by atoms with Gasteiger partial charge in [-0.3, -0.25) is 47.0 Å². The van der Waals surface area contributed by atoms with Crippen molar-refractivity contribution in [2.75, 3.05) is 86.0 Å². The molecule has 0 atom stereocenters. The molecule has 38 heteroatoms. The molecule has 136 heavy (non-hydrogen) atoms. The predicted molar refractivity (Wildman–Crippen MR) is 519 cm³/mol. The summed E-state index contributed by atoms with van der Waals surface area (Å²) >= 11 is 0. The maximum atomic E-state index is 13.2. The first kappa shape index (κ1) is 113. The molecule has 7 aromatic carbocycles. The number of amides is 1. The Labute approximate surface area is 831 Å². The van der Waals surface area contributed by atoms with Crippen molar-refractivity contribution in [1.82, 2.24) is 64.0 Å². The van der Waals surface area contributed by atoms with Crippen LogP contribution < -0.4 is 73.6 Å². The number of esters is 1. The normalized spacial score (nSPS) is 10.8. The molecule has 1 amide bonds. The van der Waals surface area contributed by atoms with E-state index < -0.39 is 34.0 Å². The zero-order chi connectivity index (χ0) is 94.3. The van der Waals surface area contributed by atoms with Crippen LogP contribution in [0.1, 0.15) is 76.1 Å². The summed E-state index contributed by atoms with van der Waals surface area (Å²) in [7, 11) is 4.49. The van der Waals surface area contributed by atoms with Crippen LogP contribution in [0.2, 0.25) is 0 Å². The van der Waals surface area contributed by atoms with Crippen molar-refractivity contribution in [3.05, 3.63) is 342 Å². The molecule has 0 aliphatic carbocycles. The van der Waals surface area contributed by atoms with E-state index in [1.807, 2.05) is 160 Å². The van der Waals surface area contributed by atoms with Gasteiger partial charge >= 0.3 is 70.7 Å². The van der Waals surface area contributed by atoms with Gasteiger partial charge in [-0.15, -0.1) is 0 Å². The molecule has 18 aromatic rings. The van der Waals surface area contributed by atoms with E-state index in [9.17, 15) is 55.6 Å². The minimum Gasteiger partial charge on any atom is -1.00 e. The molecule has 1 saturated heterocycles. The molecule has 19 rings (SSSR count). The molecule has 1 aliphatic heterocycles. The molecule has 0 spiro atoms. The molecule has 32 nitrogen and oxygen atoms in total. The summed E-state index contributed by atoms with van der Waals surface area (Å²) in [4.78, 5) is 129. The zero-order valence-corrected chi connectivity index (χ0v) is 81.5. The largest absolute Gasteiger partial charge is 2.00 e. The van der Waals surface area contributed by atoms with Gasteiger partial charge in [-0.2, -0.15) is 8.42 Å². The number of pyridine rings is 3. The van der Waals surface area contributed by atoms with Crippen molar-refractivity contribution in [3.8, 4) is 22.5 Å². The molecule has 0 saturated carbocycles. The second kappa shape index (κ2) is 55.1. The maximum absolute atomic E-state index is 13.2. The number of fused-ring (bicyclic) bond motifs is 8. The van der Waals surface area contributed by atoms with Crippen LogP contribution in [0.25, 0.3) is 99.2 Å². The van der Waals surface area contributed by atoms with E-state index in [1.165, 1.54) is 80.4 Å². The second-order valence-electron chi connectivity index (χ2n) is 28.5. The van der Waals surface area contributed by atoms with Gasteiger partial charge < -0.3 is 95.7 Å². The number of methoxy groups -OCH3 is 4. The van der Waals surface area contributed by atoms with Crippen LogP contribution in [0.4, 0.5) is 25.1 Å². The number of rotatable bonds is 12. The fourth-order valence-electron chi connectivity index (χ4n) is 12.6. The number of ether oxygens (including phenoxy) is 4. The standard InChI is InChI=1S/C20H19N5O.C16H10FN3O.C12H11NO3.C11H12N2O2.C10H9NO.C9H7NO2.C7H8O3S.C5H5FN2.C3H6O3.C3H8O.CH4.CH3.BrH.Mg.Na.H/c26-20-12-18(14-1-3-17-15(11-14)5-6-22-17)23-19-4-2-16(13-25(19)20)24-9-7-21-8-10-24;17-12-2-4-15-19-14(8-16(21)20(15)9-12)10-1-3-13-11(7-10)5-6-18-13;1-16-12(15)7-11(14)9-2-3-10-8(6-9)4-5-13-10;1-13(15-2)11(14)9-3-4-10-8(7-9)5-6-12-10;1-7(12)8-2-3-10-9(6-8)4-5-11-10;11-9(12)7-1-2-8-6(5-7)3-4-10-8;1-6-2-4-7(5-3-6)11(8,9)10;6-4-1-2-5(7)8-3-4;1-5-3(4)6-2;1-3-4-2;;;;;;/h1-6,11-13,21-22H,7-10H2;1-9,18H;2-6,13H,7H2,1H3;3-7,12H,1-2H3;2-6,11H,1H3;1-5,10H,(H,11,12);2-5H,1H3,(H,8,9,10);1-3H,(H2,7,8);1-2H3;3H2,1-2H3;1H4;1H3;1H;;;/q;;;;;;;;;;;-1;;+2;+1;-1/p-1. The molecule has 12 heterocycles. The molecule has 1 fully saturated rings. The van der Waals surface area contributed by atoms with Gasteiger partial charge in [-0.25, -0.2) is 38.4 Å². The molecular weight excluding hydrogens is 1860 g/mol. The zero-order valence-electron chi connectivity index (χ0n) is 76.7. The number of nitrogens with one attached hydrogen (secondary N) is 7. The number of nitrogens with two attached hydrogens (primary N) is 1. The van der Waals surface area contributed by atoms with Gasteiger partial charge in [0, 0.05) is 202 Å². The Morgan fingerprint density at radius 3 is 1.32 bits per heavy atom. The number of hydrogen-bond acceptors (Lipinski definition) is 21. The van der Waals surface area contributed by atoms with Crippen LogP contribution in [-0.4, -0.2) is 211 Å². The van der Waals surface area contributed by atoms with Crippen LogP contribution in [-0.2, 0) is 38.7 Å². The van der Waals surface area contributed by atoms with Crippen LogP contribution in [0.3, 0.4) is 0 Å². The van der Waals surface area contributed by atoms with E-state index in [2.05, 4.69) is 75.1 Å². The number of carbonyl (C=O) groups is 6. The third-order valence-corrected chi connectivity index (χ3v) is 20.5. The Morgan fingerprint density at radius 1 is 0.529 bits per heavy atom. The number of aromatic carboxylic acids is 1. The van der Waals surface area contributed by atoms with E-state index in [0.717, 1.165) is 139 Å². The van der Waals surface area contributed by atoms with Gasteiger partial charge in [0.15, 0.2) is 11.6 Å². The number of anilines is 2. The Balaban J connectivity index is 0.000000327. The van der Waals surface area contributed by atoms with Gasteiger partial charge in [0.2, 0.25) is 0 Å². The van der Waals surface area contributed by atoms with Crippen molar-refractivity contribution < 1.29 is 127 Å². The van der Waals surface area contributed by atoms with Gasteiger partial charge in [0.25, 0.3) is 27.1 Å². The number of aromatic amines is 6. The van der Waals surface area contributed by atoms with Crippen LogP contribution in [0.15, 0.2) is 289 Å². The maximum Gasteiger partial charge on any atom is 2.00 e. The number of benzene rings is 7. The predicted octanol–water partition coefficient (Wildman–Crippen LogP) is 11.1. The fraction of sp³-hybridized carbons (Fsp3) is 0.163. The summed E-state index contributed by atoms with van der Waals surface area (Å²) in [5.41, 5.74) is 19.3. The minimum atomic E-state index is -4.02. The summed E-state index contributed by atoms with van der Waals surface area (Å²) in [5, 5.41) is 19.4. The third kappa shape index (κ3) is 32.5. The summed E-state index contributed by atoms with van der Waals surface area (Å²) < 4.78 is 74.6. The van der Waals surface area contributed by atoms with Crippen LogP contribution in [0.5, 0.6) is 0 Å². The number of H-pyrrole nitrogens is 6. The Bertz CT molecular complexity index is 7120. The molecule has 702 valence electrons. The van der Waals surface area contributed by atoms with E-state index >= 15 is 0 Å². The Hall–Kier alpha value is -13.8. The smallest absolute Gasteiger partial charge is 1.00 e. The van der Waals surface area contributed by atoms with Crippen molar-refractivity contribution >= 4 is 157 Å². The number of carboxylic acids is 1. The van der Waals surface area contributed by atoms with Gasteiger partial charge in [-0.05, 0) is 203 Å². The number of ketones is 2. The van der Waals surface area contributed by atoms with E-state index in [4.69, 9.17) is 25.2 Å². The van der Waals surface area contributed by atoms with Gasteiger partial charge in [0.05, 0.1) is 62.2 Å². The number of hydroxylamine groups is 2. The summed E-state index contributed by atoms with van der Waals surface area (Å²) in [5.74, 6) is -2.16. The molecule has 11 aromatic heterocycles. The summed E-state index contributed by atoms with van der Waals surface area (Å²) in [6.45, 7) is 10.0.